The largest absolute Gasteiger partial charge is 0.320 e. The molecule has 0 fully saturated rings. The zero-order valence-corrected chi connectivity index (χ0v) is 11.7. The summed E-state index contributed by atoms with van der Waals surface area (Å²) in [6, 6.07) is 7.13. The number of aryl methyl sites for hydroxylation is 2. The number of carbonyl (C=O) groups is 1. The first-order chi connectivity index (χ1) is 9.10. The maximum Gasteiger partial charge on any atom is 0.276 e. The third-order valence-corrected chi connectivity index (χ3v) is 3.05. The van der Waals surface area contributed by atoms with Gasteiger partial charge in [0.05, 0.1) is 0 Å². The van der Waals surface area contributed by atoms with Gasteiger partial charge in [-0.1, -0.05) is 24.9 Å². The average Bonchev–Trinajstić information content (AvgIpc) is 2.82. The normalized spacial score (nSPS) is 10.5. The fourth-order valence-electron chi connectivity index (χ4n) is 1.83. The summed E-state index contributed by atoms with van der Waals surface area (Å²) in [7, 11) is 0. The number of hydrogen-bond donors (Lipinski definition) is 2. The van der Waals surface area contributed by atoms with E-state index in [1.54, 1.807) is 18.2 Å². The molecule has 100 valence electrons. The Morgan fingerprint density at radius 2 is 2.21 bits per heavy atom. The molecule has 4 nitrogen and oxygen atoms in total. The number of aromatic amines is 1. The predicted octanol–water partition coefficient (Wildman–Crippen LogP) is 3.58. The van der Waals surface area contributed by atoms with Crippen LogP contribution < -0.4 is 5.32 Å². The van der Waals surface area contributed by atoms with Crippen molar-refractivity contribution in [1.29, 1.82) is 0 Å². The summed E-state index contributed by atoms with van der Waals surface area (Å²) >= 11 is 5.88. The van der Waals surface area contributed by atoms with Crippen molar-refractivity contribution in [2.75, 3.05) is 5.32 Å². The van der Waals surface area contributed by atoms with Gasteiger partial charge in [-0.3, -0.25) is 9.89 Å². The van der Waals surface area contributed by atoms with Crippen LogP contribution in [0, 0.1) is 6.92 Å². The Hall–Kier alpha value is -1.81. The van der Waals surface area contributed by atoms with E-state index < -0.39 is 0 Å². The number of nitrogens with one attached hydrogen (secondary N) is 2. The zero-order valence-electron chi connectivity index (χ0n) is 11.0. The highest BCUT2D eigenvalue weighted by atomic mass is 35.5. The van der Waals surface area contributed by atoms with E-state index in [2.05, 4.69) is 22.4 Å². The number of anilines is 1. The van der Waals surface area contributed by atoms with E-state index >= 15 is 0 Å². The quantitative estimate of drug-likeness (QED) is 0.897. The Kier molecular flexibility index (Phi) is 4.22. The summed E-state index contributed by atoms with van der Waals surface area (Å²) in [5.41, 5.74) is 3.04. The maximum absolute atomic E-state index is 12.0. The van der Waals surface area contributed by atoms with E-state index in [9.17, 15) is 4.79 Å². The van der Waals surface area contributed by atoms with Gasteiger partial charge >= 0.3 is 0 Å². The molecular weight excluding hydrogens is 262 g/mol. The first kappa shape index (κ1) is 13.6. The molecule has 2 aromatic rings. The van der Waals surface area contributed by atoms with E-state index in [0.29, 0.717) is 10.7 Å². The van der Waals surface area contributed by atoms with Crippen LogP contribution in [0.4, 0.5) is 5.69 Å². The topological polar surface area (TPSA) is 57.8 Å². The lowest BCUT2D eigenvalue weighted by Crippen LogP contribution is -2.13. The molecule has 0 aliphatic rings. The number of amides is 1. The second-order valence-electron chi connectivity index (χ2n) is 4.44. The zero-order chi connectivity index (χ0) is 13.8. The number of halogens is 1. The van der Waals surface area contributed by atoms with Crippen molar-refractivity contribution in [3.05, 3.63) is 46.2 Å². The van der Waals surface area contributed by atoms with Crippen LogP contribution in [0.2, 0.25) is 5.02 Å². The minimum atomic E-state index is -0.218. The Morgan fingerprint density at radius 1 is 1.42 bits per heavy atom. The lowest BCUT2D eigenvalue weighted by Gasteiger charge is -2.06. The summed E-state index contributed by atoms with van der Waals surface area (Å²) in [6.07, 6.45) is 1.90. The lowest BCUT2D eigenvalue weighted by molar-refractivity contribution is 0.102. The molecule has 0 aliphatic heterocycles. The second kappa shape index (κ2) is 5.89. The molecular formula is C14H16ClN3O. The van der Waals surface area contributed by atoms with E-state index in [1.807, 2.05) is 13.0 Å². The lowest BCUT2D eigenvalue weighted by atomic mass is 10.2. The number of H-pyrrole nitrogens is 1. The molecule has 0 atom stereocenters. The number of hydrogen-bond acceptors (Lipinski definition) is 2. The third-order valence-electron chi connectivity index (χ3n) is 2.82. The molecule has 0 spiro atoms. The van der Waals surface area contributed by atoms with Gasteiger partial charge in [-0.05, 0) is 43.2 Å². The van der Waals surface area contributed by atoms with E-state index in [4.69, 9.17) is 11.6 Å². The van der Waals surface area contributed by atoms with Gasteiger partial charge < -0.3 is 5.32 Å². The molecule has 19 heavy (non-hydrogen) atoms. The molecule has 0 aliphatic carbocycles. The van der Waals surface area contributed by atoms with Gasteiger partial charge in [-0.15, -0.1) is 0 Å². The minimum absolute atomic E-state index is 0.218. The number of nitrogens with zero attached hydrogens (tertiary/aromatic N) is 1. The van der Waals surface area contributed by atoms with Crippen molar-refractivity contribution in [3.63, 3.8) is 0 Å². The van der Waals surface area contributed by atoms with Crippen molar-refractivity contribution in [2.24, 2.45) is 0 Å². The van der Waals surface area contributed by atoms with Crippen LogP contribution in [-0.4, -0.2) is 16.1 Å². The maximum atomic E-state index is 12.0. The number of benzene rings is 1. The first-order valence-electron chi connectivity index (χ1n) is 6.22. The van der Waals surface area contributed by atoms with Gasteiger partial charge in [0.15, 0.2) is 5.69 Å². The van der Waals surface area contributed by atoms with Crippen molar-refractivity contribution < 1.29 is 4.79 Å². The minimum Gasteiger partial charge on any atom is -0.320 e. The molecule has 2 rings (SSSR count). The summed E-state index contributed by atoms with van der Waals surface area (Å²) in [5.74, 6) is -0.218. The Morgan fingerprint density at radius 3 is 2.89 bits per heavy atom. The summed E-state index contributed by atoms with van der Waals surface area (Å²) < 4.78 is 0. The van der Waals surface area contributed by atoms with Gasteiger partial charge in [0.2, 0.25) is 0 Å². The predicted molar refractivity (Wildman–Crippen MR) is 76.7 cm³/mol. The van der Waals surface area contributed by atoms with Gasteiger partial charge in [0, 0.05) is 16.4 Å². The molecule has 0 saturated heterocycles. The highest BCUT2D eigenvalue weighted by molar-refractivity contribution is 6.30. The van der Waals surface area contributed by atoms with Crippen LogP contribution in [0.5, 0.6) is 0 Å². The number of rotatable bonds is 4. The van der Waals surface area contributed by atoms with E-state index in [0.717, 1.165) is 29.8 Å². The van der Waals surface area contributed by atoms with Gasteiger partial charge in [-0.25, -0.2) is 0 Å². The van der Waals surface area contributed by atoms with Crippen molar-refractivity contribution in [3.8, 4) is 0 Å². The molecule has 1 amide bonds. The summed E-state index contributed by atoms with van der Waals surface area (Å²) in [5, 5.41) is 10.4. The second-order valence-corrected chi connectivity index (χ2v) is 4.88. The fraction of sp³-hybridized carbons (Fsp3) is 0.286. The van der Waals surface area contributed by atoms with Gasteiger partial charge in [0.25, 0.3) is 5.91 Å². The molecule has 0 unspecified atom stereocenters. The molecule has 0 saturated carbocycles. The monoisotopic (exact) mass is 277 g/mol. The first-order valence-corrected chi connectivity index (χ1v) is 6.59. The summed E-state index contributed by atoms with van der Waals surface area (Å²) in [6.45, 7) is 3.98. The fourth-order valence-corrected chi connectivity index (χ4v) is 2.06. The highest BCUT2D eigenvalue weighted by Crippen LogP contribution is 2.20. The van der Waals surface area contributed by atoms with E-state index in [1.165, 1.54) is 0 Å². The van der Waals surface area contributed by atoms with E-state index in [-0.39, 0.29) is 5.91 Å². The smallest absolute Gasteiger partial charge is 0.276 e. The van der Waals surface area contributed by atoms with Crippen LogP contribution in [0.15, 0.2) is 24.3 Å². The summed E-state index contributed by atoms with van der Waals surface area (Å²) in [4.78, 5) is 12.0. The van der Waals surface area contributed by atoms with Crippen molar-refractivity contribution in [1.82, 2.24) is 10.2 Å². The Balaban J connectivity index is 2.11. The molecule has 2 N–H and O–H groups in total. The van der Waals surface area contributed by atoms with Crippen molar-refractivity contribution >= 4 is 23.2 Å². The standard InChI is InChI=1S/C14H16ClN3O/c1-3-4-11-8-13(18-17-11)14(19)16-12-6-5-10(15)7-9(12)2/h5-8H,3-4H2,1-2H3,(H,16,19)(H,17,18). The van der Waals surface area contributed by atoms with Crippen LogP contribution in [-0.2, 0) is 6.42 Å². The molecule has 1 heterocycles. The molecule has 1 aromatic heterocycles. The van der Waals surface area contributed by atoms with Crippen LogP contribution in [0.1, 0.15) is 35.1 Å². The third kappa shape index (κ3) is 3.35. The SMILES string of the molecule is CCCc1cc(C(=O)Nc2ccc(Cl)cc2C)n[nH]1. The number of carbonyl (C=O) groups excluding carboxylic acids is 1. The Labute approximate surface area is 117 Å². The van der Waals surface area contributed by atoms with Crippen LogP contribution in [0.3, 0.4) is 0 Å². The van der Waals surface area contributed by atoms with Crippen LogP contribution in [0.25, 0.3) is 0 Å². The van der Waals surface area contributed by atoms with Crippen molar-refractivity contribution in [2.45, 2.75) is 26.7 Å². The van der Waals surface area contributed by atoms with Crippen LogP contribution >= 0.6 is 11.6 Å². The molecule has 5 heteroatoms. The average molecular weight is 278 g/mol. The molecule has 0 bridgehead atoms. The van der Waals surface area contributed by atoms with Gasteiger partial charge in [0.1, 0.15) is 0 Å². The van der Waals surface area contributed by atoms with Gasteiger partial charge in [-0.2, -0.15) is 5.10 Å². The highest BCUT2D eigenvalue weighted by Gasteiger charge is 2.11. The molecule has 1 aromatic carbocycles. The molecule has 0 radical (unpaired) electrons. The Bertz CT molecular complexity index is 592. The number of aromatic nitrogens is 2.